The molecule has 158 valence electrons. The van der Waals surface area contributed by atoms with Gasteiger partial charge in [-0.15, -0.1) is 11.8 Å². The number of cyclic esters (lactones) is 1. The van der Waals surface area contributed by atoms with Crippen LogP contribution in [0.4, 0.5) is 4.39 Å². The van der Waals surface area contributed by atoms with E-state index in [-0.39, 0.29) is 41.6 Å². The Morgan fingerprint density at radius 1 is 1.35 bits per heavy atom. The number of hydrogen-bond donors (Lipinski definition) is 2. The number of esters is 1. The molecule has 3 aliphatic rings. The van der Waals surface area contributed by atoms with E-state index in [9.17, 15) is 19.1 Å². The number of carbonyl (C=O) groups is 1. The number of nitrogens with two attached hydrogens (primary N) is 1. The van der Waals surface area contributed by atoms with Crippen LogP contribution in [0.25, 0.3) is 22.3 Å². The Balaban J connectivity index is 1.69. The number of aliphatic hydroxyl groups excluding tert-OH is 1. The second kappa shape index (κ2) is 6.28. The standard InChI is InChI=1S/C21H16FN3O5S/c1-29-18-10(22)3-12-15-14(11(23)6-31-19(15)18)8-4-25-13(16(8)24-12)2-7-9(20(25)27)5-30-21(28)17(7)26/h2-3,11,17,26H,4-6,23H2,1H3. The lowest BCUT2D eigenvalue weighted by molar-refractivity contribution is -0.157. The first kappa shape index (κ1) is 18.8. The van der Waals surface area contributed by atoms with Crippen LogP contribution in [0.3, 0.4) is 0 Å². The summed E-state index contributed by atoms with van der Waals surface area (Å²) in [4.78, 5) is 30.3. The monoisotopic (exact) mass is 441 g/mol. The maximum Gasteiger partial charge on any atom is 0.340 e. The summed E-state index contributed by atoms with van der Waals surface area (Å²) in [6, 6.07) is 2.58. The molecule has 0 bridgehead atoms. The van der Waals surface area contributed by atoms with E-state index in [2.05, 4.69) is 4.98 Å². The largest absolute Gasteiger partial charge is 0.492 e. The molecule has 0 fully saturated rings. The molecule has 0 aliphatic carbocycles. The maximum absolute atomic E-state index is 14.7. The fourth-order valence-corrected chi connectivity index (χ4v) is 5.92. The van der Waals surface area contributed by atoms with E-state index in [1.807, 2.05) is 0 Å². The summed E-state index contributed by atoms with van der Waals surface area (Å²) in [5, 5.41) is 11.0. The van der Waals surface area contributed by atoms with Crippen LogP contribution in [0, 0.1) is 5.82 Å². The van der Waals surface area contributed by atoms with Gasteiger partial charge in [-0.05, 0) is 11.6 Å². The smallest absolute Gasteiger partial charge is 0.340 e. The van der Waals surface area contributed by atoms with Crippen molar-refractivity contribution in [1.29, 1.82) is 0 Å². The van der Waals surface area contributed by atoms with Crippen LogP contribution in [-0.2, 0) is 22.7 Å². The van der Waals surface area contributed by atoms with E-state index >= 15 is 0 Å². The van der Waals surface area contributed by atoms with Gasteiger partial charge in [0, 0.05) is 34.4 Å². The predicted molar refractivity (Wildman–Crippen MR) is 109 cm³/mol. The molecule has 8 nitrogen and oxygen atoms in total. The normalized spacial score (nSPS) is 20.8. The zero-order valence-corrected chi connectivity index (χ0v) is 17.1. The molecule has 0 spiro atoms. The van der Waals surface area contributed by atoms with Gasteiger partial charge >= 0.3 is 5.97 Å². The Morgan fingerprint density at radius 2 is 2.16 bits per heavy atom. The van der Waals surface area contributed by atoms with Crippen molar-refractivity contribution in [2.45, 2.75) is 30.2 Å². The molecule has 3 N–H and O–H groups in total. The topological polar surface area (TPSA) is 117 Å². The molecule has 2 unspecified atom stereocenters. The molecule has 0 saturated heterocycles. The predicted octanol–water partition coefficient (Wildman–Crippen LogP) is 1.77. The van der Waals surface area contributed by atoms with Crippen molar-refractivity contribution in [1.82, 2.24) is 9.55 Å². The third-order valence-corrected chi connectivity index (χ3v) is 7.34. The van der Waals surface area contributed by atoms with Crippen LogP contribution in [0.5, 0.6) is 5.75 Å². The van der Waals surface area contributed by atoms with Gasteiger partial charge < -0.3 is 24.9 Å². The molecule has 2 atom stereocenters. The van der Waals surface area contributed by atoms with Crippen LogP contribution in [-0.4, -0.2) is 33.5 Å². The summed E-state index contributed by atoms with van der Waals surface area (Å²) in [6.07, 6.45) is -1.53. The Hall–Kier alpha value is -2.95. The number of nitrogens with zero attached hydrogens (tertiary/aromatic N) is 2. The molecule has 6 rings (SSSR count). The molecular weight excluding hydrogens is 425 g/mol. The fraction of sp³-hybridized carbons (Fsp3) is 0.286. The van der Waals surface area contributed by atoms with Crippen molar-refractivity contribution in [2.24, 2.45) is 5.73 Å². The van der Waals surface area contributed by atoms with Gasteiger partial charge in [0.1, 0.15) is 6.61 Å². The van der Waals surface area contributed by atoms with Gasteiger partial charge in [-0.2, -0.15) is 0 Å². The van der Waals surface area contributed by atoms with E-state index < -0.39 is 17.9 Å². The lowest BCUT2D eigenvalue weighted by Crippen LogP contribution is -2.32. The van der Waals surface area contributed by atoms with Crippen LogP contribution in [0.2, 0.25) is 0 Å². The van der Waals surface area contributed by atoms with Gasteiger partial charge in [-0.25, -0.2) is 14.2 Å². The SMILES string of the molecule is COc1c(F)cc2nc3c(c4c2c1SCC4N)Cn1c-3cc2c(c1=O)COC(=O)C2O. The minimum atomic E-state index is -1.53. The molecule has 31 heavy (non-hydrogen) atoms. The van der Waals surface area contributed by atoms with Crippen LogP contribution in [0.1, 0.15) is 34.4 Å². The van der Waals surface area contributed by atoms with Crippen LogP contribution in [0.15, 0.2) is 21.8 Å². The lowest BCUT2D eigenvalue weighted by Gasteiger charge is -2.26. The Labute approximate surface area is 178 Å². The van der Waals surface area contributed by atoms with E-state index in [4.69, 9.17) is 15.2 Å². The van der Waals surface area contributed by atoms with Gasteiger partial charge in [0.25, 0.3) is 5.56 Å². The number of rotatable bonds is 1. The summed E-state index contributed by atoms with van der Waals surface area (Å²) >= 11 is 1.42. The molecular formula is C21H16FN3O5S. The van der Waals surface area contributed by atoms with Crippen molar-refractivity contribution in [3.05, 3.63) is 50.6 Å². The summed E-state index contributed by atoms with van der Waals surface area (Å²) in [7, 11) is 1.42. The average molecular weight is 441 g/mol. The van der Waals surface area contributed by atoms with E-state index in [1.54, 1.807) is 10.6 Å². The molecule has 0 saturated carbocycles. The maximum atomic E-state index is 14.7. The zero-order valence-electron chi connectivity index (χ0n) is 16.3. The summed E-state index contributed by atoms with van der Waals surface area (Å²) in [5.74, 6) is -0.629. The number of hydrogen-bond acceptors (Lipinski definition) is 8. The fourth-order valence-electron chi connectivity index (χ4n) is 4.73. The number of benzene rings is 1. The highest BCUT2D eigenvalue weighted by Gasteiger charge is 2.37. The zero-order chi connectivity index (χ0) is 21.6. The van der Waals surface area contributed by atoms with Gasteiger partial charge in [0.05, 0.1) is 41.0 Å². The minimum absolute atomic E-state index is 0.161. The van der Waals surface area contributed by atoms with Crippen molar-refractivity contribution in [3.63, 3.8) is 0 Å². The highest BCUT2D eigenvalue weighted by molar-refractivity contribution is 7.99. The number of ether oxygens (including phenoxy) is 2. The van der Waals surface area contributed by atoms with Crippen molar-refractivity contribution in [2.75, 3.05) is 12.9 Å². The van der Waals surface area contributed by atoms with Gasteiger partial charge in [0.15, 0.2) is 17.7 Å². The summed E-state index contributed by atoms with van der Waals surface area (Å²) < 4.78 is 26.5. The molecule has 0 amide bonds. The van der Waals surface area contributed by atoms with Crippen LogP contribution < -0.4 is 16.0 Å². The second-order valence-electron chi connectivity index (χ2n) is 7.75. The molecule has 0 radical (unpaired) electrons. The minimum Gasteiger partial charge on any atom is -0.492 e. The molecule has 3 aromatic rings. The summed E-state index contributed by atoms with van der Waals surface area (Å²) in [5.41, 5.74) is 9.58. The average Bonchev–Trinajstić information content (AvgIpc) is 3.11. The third kappa shape index (κ3) is 2.35. The van der Waals surface area contributed by atoms with E-state index in [0.717, 1.165) is 16.5 Å². The third-order valence-electron chi connectivity index (χ3n) is 6.13. The number of halogens is 1. The molecule has 1 aromatic carbocycles. The number of carbonyl (C=O) groups excluding carboxylic acids is 1. The van der Waals surface area contributed by atoms with Crippen molar-refractivity contribution in [3.8, 4) is 17.1 Å². The Kier molecular flexibility index (Phi) is 3.81. The summed E-state index contributed by atoms with van der Waals surface area (Å²) in [6.45, 7) is 0.0578. The number of thioether (sulfide) groups is 1. The first-order valence-corrected chi connectivity index (χ1v) is 10.6. The van der Waals surface area contributed by atoms with Gasteiger partial charge in [-0.3, -0.25) is 4.79 Å². The number of pyridine rings is 2. The van der Waals surface area contributed by atoms with Crippen LogP contribution >= 0.6 is 11.8 Å². The highest BCUT2D eigenvalue weighted by atomic mass is 32.2. The first-order valence-electron chi connectivity index (χ1n) is 9.63. The van der Waals surface area contributed by atoms with Gasteiger partial charge in [-0.1, -0.05) is 0 Å². The lowest BCUT2D eigenvalue weighted by atomic mass is 9.94. The highest BCUT2D eigenvalue weighted by Crippen LogP contribution is 2.49. The molecule has 5 heterocycles. The number of fused-ring (bicyclic) bond motifs is 5. The van der Waals surface area contributed by atoms with Gasteiger partial charge in [0.2, 0.25) is 0 Å². The first-order chi connectivity index (χ1) is 14.9. The quantitative estimate of drug-likeness (QED) is 0.429. The Bertz CT molecular complexity index is 1400. The molecule has 2 aromatic heterocycles. The van der Waals surface area contributed by atoms with Crippen molar-refractivity contribution >= 4 is 28.6 Å². The number of methoxy groups -OCH3 is 1. The second-order valence-corrected chi connectivity index (χ2v) is 8.78. The number of aliphatic hydroxyl groups is 1. The van der Waals surface area contributed by atoms with E-state index in [0.29, 0.717) is 27.6 Å². The van der Waals surface area contributed by atoms with Crippen molar-refractivity contribution < 1.29 is 23.8 Å². The Morgan fingerprint density at radius 3 is 2.94 bits per heavy atom. The van der Waals surface area contributed by atoms with E-state index in [1.165, 1.54) is 24.9 Å². The number of aromatic nitrogens is 2. The molecule has 10 heteroatoms. The molecule has 3 aliphatic heterocycles.